The molecule has 0 bridgehead atoms. The second-order valence-corrected chi connectivity index (χ2v) is 4.98. The first-order valence-corrected chi connectivity index (χ1v) is 6.64. The Bertz CT molecular complexity index is 428. The smallest absolute Gasteiger partial charge is 0.369 e. The molecule has 1 aliphatic rings. The fourth-order valence-corrected chi connectivity index (χ4v) is 2.10. The molecule has 0 unspecified atom stereocenters. The van der Waals surface area contributed by atoms with Crippen LogP contribution in [0.5, 0.6) is 0 Å². The molecule has 1 aliphatic heterocycles. The number of nitrogens with one attached hydrogen (secondary N) is 1. The minimum atomic E-state index is -4.39. The second kappa shape index (κ2) is 6.41. The molecule has 20 heavy (non-hydrogen) atoms. The zero-order chi connectivity index (χ0) is 14.6. The Hall–Kier alpha value is -1.34. The average molecular weight is 288 g/mol. The van der Waals surface area contributed by atoms with Gasteiger partial charge in [-0.3, -0.25) is 4.90 Å². The Morgan fingerprint density at radius 3 is 2.55 bits per heavy atom. The summed E-state index contributed by atoms with van der Waals surface area (Å²) in [7, 11) is 2.09. The summed E-state index contributed by atoms with van der Waals surface area (Å²) in [5, 5.41) is 2.95. The predicted molar refractivity (Wildman–Crippen MR) is 71.7 cm³/mol. The lowest BCUT2D eigenvalue weighted by molar-refractivity contribution is -0.141. The monoisotopic (exact) mass is 288 g/mol. The zero-order valence-corrected chi connectivity index (χ0v) is 11.5. The van der Waals surface area contributed by atoms with E-state index in [9.17, 15) is 13.2 Å². The van der Waals surface area contributed by atoms with Gasteiger partial charge in [-0.2, -0.15) is 13.2 Å². The molecule has 0 spiro atoms. The quantitative estimate of drug-likeness (QED) is 0.915. The van der Waals surface area contributed by atoms with Crippen LogP contribution in [0.4, 0.5) is 19.0 Å². The van der Waals surface area contributed by atoms with E-state index in [1.807, 2.05) is 0 Å². The molecule has 1 saturated heterocycles. The van der Waals surface area contributed by atoms with Gasteiger partial charge in [0.05, 0.1) is 0 Å². The lowest BCUT2D eigenvalue weighted by atomic mass is 10.3. The van der Waals surface area contributed by atoms with Gasteiger partial charge in [0.15, 0.2) is 0 Å². The molecule has 1 aromatic heterocycles. The van der Waals surface area contributed by atoms with Crippen molar-refractivity contribution < 1.29 is 13.2 Å². The fourth-order valence-electron chi connectivity index (χ4n) is 2.10. The third-order valence-corrected chi connectivity index (χ3v) is 3.37. The minimum Gasteiger partial charge on any atom is -0.369 e. The van der Waals surface area contributed by atoms with Gasteiger partial charge in [0.25, 0.3) is 0 Å². The van der Waals surface area contributed by atoms with E-state index in [4.69, 9.17) is 0 Å². The normalized spacial score (nSPS) is 18.2. The van der Waals surface area contributed by atoms with E-state index in [0.717, 1.165) is 38.8 Å². The number of halogens is 3. The highest BCUT2D eigenvalue weighted by atomic mass is 19.4. The minimum absolute atomic E-state index is 0.272. The van der Waals surface area contributed by atoms with Gasteiger partial charge >= 0.3 is 6.18 Å². The van der Waals surface area contributed by atoms with Crippen LogP contribution in [0.2, 0.25) is 0 Å². The number of piperazine rings is 1. The fraction of sp³-hybridized carbons (Fsp3) is 0.615. The summed E-state index contributed by atoms with van der Waals surface area (Å²) in [4.78, 5) is 8.13. The second-order valence-electron chi connectivity index (χ2n) is 4.98. The van der Waals surface area contributed by atoms with E-state index in [1.54, 1.807) is 6.07 Å². The van der Waals surface area contributed by atoms with Crippen molar-refractivity contribution in [1.82, 2.24) is 14.8 Å². The maximum atomic E-state index is 12.5. The Labute approximate surface area is 116 Å². The third kappa shape index (κ3) is 4.35. The first kappa shape index (κ1) is 15.1. The first-order valence-electron chi connectivity index (χ1n) is 6.64. The Morgan fingerprint density at radius 2 is 1.90 bits per heavy atom. The van der Waals surface area contributed by atoms with E-state index in [1.165, 1.54) is 6.07 Å². The van der Waals surface area contributed by atoms with E-state index in [-0.39, 0.29) is 5.82 Å². The standard InChI is InChI=1S/C13H19F3N4/c1-19-7-9-20(10-8-19)6-5-17-12-4-2-3-11(18-12)13(14,15)16/h2-4H,5-10H2,1H3,(H,17,18). The van der Waals surface area contributed by atoms with Crippen LogP contribution < -0.4 is 5.32 Å². The van der Waals surface area contributed by atoms with Gasteiger partial charge in [0.2, 0.25) is 0 Å². The highest BCUT2D eigenvalue weighted by molar-refractivity contribution is 5.35. The molecule has 0 saturated carbocycles. The molecule has 1 fully saturated rings. The van der Waals surface area contributed by atoms with Gasteiger partial charge in [0.1, 0.15) is 11.5 Å². The lowest BCUT2D eigenvalue weighted by Crippen LogP contribution is -2.45. The van der Waals surface area contributed by atoms with Gasteiger partial charge < -0.3 is 10.2 Å². The highest BCUT2D eigenvalue weighted by Gasteiger charge is 2.32. The summed E-state index contributed by atoms with van der Waals surface area (Å²) in [6.07, 6.45) is -4.39. The van der Waals surface area contributed by atoms with E-state index in [0.29, 0.717) is 6.54 Å². The number of pyridine rings is 1. The number of nitrogens with zero attached hydrogens (tertiary/aromatic N) is 3. The van der Waals surface area contributed by atoms with Crippen LogP contribution in [0.1, 0.15) is 5.69 Å². The van der Waals surface area contributed by atoms with Crippen molar-refractivity contribution in [2.24, 2.45) is 0 Å². The zero-order valence-electron chi connectivity index (χ0n) is 11.5. The van der Waals surface area contributed by atoms with Gasteiger partial charge in [-0.15, -0.1) is 0 Å². The lowest BCUT2D eigenvalue weighted by Gasteiger charge is -2.32. The van der Waals surface area contributed by atoms with E-state index < -0.39 is 11.9 Å². The van der Waals surface area contributed by atoms with Gasteiger partial charge in [-0.05, 0) is 19.2 Å². The van der Waals surface area contributed by atoms with Crippen molar-refractivity contribution in [3.63, 3.8) is 0 Å². The number of aromatic nitrogens is 1. The van der Waals surface area contributed by atoms with Crippen LogP contribution >= 0.6 is 0 Å². The summed E-state index contributed by atoms with van der Waals surface area (Å²) in [6, 6.07) is 3.90. The molecule has 2 rings (SSSR count). The summed E-state index contributed by atoms with van der Waals surface area (Å²) in [6.45, 7) is 5.45. The number of anilines is 1. The summed E-state index contributed by atoms with van der Waals surface area (Å²) in [5.41, 5.74) is -0.859. The van der Waals surface area contributed by atoms with Crippen molar-refractivity contribution in [2.75, 3.05) is 51.6 Å². The van der Waals surface area contributed by atoms with Crippen molar-refractivity contribution in [1.29, 1.82) is 0 Å². The number of hydrogen-bond donors (Lipinski definition) is 1. The summed E-state index contributed by atoms with van der Waals surface area (Å²) < 4.78 is 37.5. The van der Waals surface area contributed by atoms with Crippen molar-refractivity contribution in [3.8, 4) is 0 Å². The maximum absolute atomic E-state index is 12.5. The number of alkyl halides is 3. The summed E-state index contributed by atoms with van der Waals surface area (Å²) >= 11 is 0. The molecule has 0 atom stereocenters. The molecular weight excluding hydrogens is 269 g/mol. The molecule has 0 radical (unpaired) electrons. The molecule has 1 N–H and O–H groups in total. The molecular formula is C13H19F3N4. The van der Waals surface area contributed by atoms with Crippen molar-refractivity contribution >= 4 is 5.82 Å². The van der Waals surface area contributed by atoms with Gasteiger partial charge in [-0.1, -0.05) is 6.07 Å². The topological polar surface area (TPSA) is 31.4 Å². The Morgan fingerprint density at radius 1 is 1.20 bits per heavy atom. The van der Waals surface area contributed by atoms with Gasteiger partial charge in [0, 0.05) is 39.3 Å². The SMILES string of the molecule is CN1CCN(CCNc2cccc(C(F)(F)F)n2)CC1. The number of hydrogen-bond acceptors (Lipinski definition) is 4. The molecule has 7 heteroatoms. The molecule has 0 amide bonds. The van der Waals surface area contributed by atoms with Crippen molar-refractivity contribution in [3.05, 3.63) is 23.9 Å². The van der Waals surface area contributed by atoms with Crippen LogP contribution in [0.3, 0.4) is 0 Å². The maximum Gasteiger partial charge on any atom is 0.433 e. The number of likely N-dealkylation sites (N-methyl/N-ethyl adjacent to an activating group) is 1. The first-order chi connectivity index (χ1) is 9.45. The van der Waals surface area contributed by atoms with Crippen LogP contribution in [-0.4, -0.2) is 61.1 Å². The van der Waals surface area contributed by atoms with E-state index in [2.05, 4.69) is 27.1 Å². The average Bonchev–Trinajstić information content (AvgIpc) is 2.40. The van der Waals surface area contributed by atoms with Crippen LogP contribution in [-0.2, 0) is 6.18 Å². The van der Waals surface area contributed by atoms with Crippen LogP contribution in [0.15, 0.2) is 18.2 Å². The van der Waals surface area contributed by atoms with E-state index >= 15 is 0 Å². The van der Waals surface area contributed by atoms with Crippen LogP contribution in [0.25, 0.3) is 0 Å². The molecule has 4 nitrogen and oxygen atoms in total. The predicted octanol–water partition coefficient (Wildman–Crippen LogP) is 1.76. The molecule has 1 aromatic rings. The molecule has 112 valence electrons. The molecule has 2 heterocycles. The third-order valence-electron chi connectivity index (χ3n) is 3.37. The Balaban J connectivity index is 1.79. The largest absolute Gasteiger partial charge is 0.433 e. The molecule has 0 aliphatic carbocycles. The van der Waals surface area contributed by atoms with Crippen molar-refractivity contribution in [2.45, 2.75) is 6.18 Å². The summed E-state index contributed by atoms with van der Waals surface area (Å²) in [5.74, 6) is 0.272. The number of rotatable bonds is 4. The molecule has 0 aromatic carbocycles. The Kier molecular flexibility index (Phi) is 4.82. The highest BCUT2D eigenvalue weighted by Crippen LogP contribution is 2.28. The van der Waals surface area contributed by atoms with Gasteiger partial charge in [-0.25, -0.2) is 4.98 Å². The van der Waals surface area contributed by atoms with Crippen LogP contribution in [0, 0.1) is 0 Å².